The number of phosphoric acid groups is 1. The summed E-state index contributed by atoms with van der Waals surface area (Å²) in [7, 11) is -4.90. The van der Waals surface area contributed by atoms with Gasteiger partial charge in [-0.2, -0.15) is 0 Å². The molecule has 2 aromatic heterocycles. The van der Waals surface area contributed by atoms with E-state index in [0.29, 0.717) is 0 Å². The molecular weight excluding hydrogens is 429 g/mol. The van der Waals surface area contributed by atoms with Crippen molar-refractivity contribution in [2.75, 3.05) is 12.3 Å². The predicted molar refractivity (Wildman–Crippen MR) is 94.4 cm³/mol. The minimum absolute atomic E-state index is 0.0950. The van der Waals surface area contributed by atoms with Crippen molar-refractivity contribution < 1.29 is 48.2 Å². The summed E-state index contributed by atoms with van der Waals surface area (Å²) in [6, 6.07) is 0. The number of aliphatic hydroxyl groups is 2. The lowest BCUT2D eigenvalue weighted by atomic mass is 10.1. The maximum Gasteiger partial charge on any atom is 0.529 e. The number of ether oxygens (including phenoxy) is 1. The number of carbonyl (C=O) groups is 2. The first kappa shape index (κ1) is 22.0. The van der Waals surface area contributed by atoms with E-state index in [1.165, 1.54) is 17.2 Å². The van der Waals surface area contributed by atoms with E-state index < -0.39 is 63.7 Å². The number of anilines is 1. The molecule has 5 atom stereocenters. The van der Waals surface area contributed by atoms with Crippen molar-refractivity contribution in [1.29, 1.82) is 0 Å². The summed E-state index contributed by atoms with van der Waals surface area (Å²) in [4.78, 5) is 43.2. The summed E-state index contributed by atoms with van der Waals surface area (Å²) in [6.45, 7) is -0.724. The van der Waals surface area contributed by atoms with Gasteiger partial charge in [0.05, 0.1) is 25.8 Å². The summed E-state index contributed by atoms with van der Waals surface area (Å²) < 4.78 is 27.5. The summed E-state index contributed by atoms with van der Waals surface area (Å²) in [6.07, 6.45) is -4.26. The number of hydrogen-bond acceptors (Lipinski definition) is 12. The number of aromatic nitrogens is 4. The van der Waals surface area contributed by atoms with E-state index in [9.17, 15) is 29.3 Å². The quantitative estimate of drug-likeness (QED) is 0.292. The SMILES string of the molecule is Nc1ncnc2c1ncn2C1O[C@H](COP(=O)(O)OC(=O)CCC(=O)O)[C@@H](O)[C@H]1O. The zero-order valence-electron chi connectivity index (χ0n) is 15.1. The van der Waals surface area contributed by atoms with Crippen molar-refractivity contribution >= 4 is 36.7 Å². The smallest absolute Gasteiger partial charge is 0.481 e. The maximum atomic E-state index is 11.8. The molecule has 0 aliphatic carbocycles. The number of phosphoric ester groups is 1. The van der Waals surface area contributed by atoms with E-state index in [1.807, 2.05) is 0 Å². The molecule has 1 aliphatic heterocycles. The van der Waals surface area contributed by atoms with Crippen LogP contribution >= 0.6 is 7.82 Å². The minimum Gasteiger partial charge on any atom is -0.481 e. The van der Waals surface area contributed by atoms with E-state index in [0.717, 1.165) is 0 Å². The highest BCUT2D eigenvalue weighted by Gasteiger charge is 2.45. The normalized spacial score (nSPS) is 25.8. The molecule has 1 fully saturated rings. The number of nitrogens with two attached hydrogens (primary N) is 1. The zero-order valence-corrected chi connectivity index (χ0v) is 16.0. The molecule has 15 nitrogen and oxygen atoms in total. The van der Waals surface area contributed by atoms with Crippen LogP contribution in [-0.2, 0) is 27.9 Å². The van der Waals surface area contributed by atoms with Gasteiger partial charge < -0.3 is 30.3 Å². The summed E-state index contributed by atoms with van der Waals surface area (Å²) in [5, 5.41) is 29.0. The summed E-state index contributed by atoms with van der Waals surface area (Å²) in [5.74, 6) is -2.45. The molecule has 30 heavy (non-hydrogen) atoms. The van der Waals surface area contributed by atoms with Crippen molar-refractivity contribution in [1.82, 2.24) is 19.5 Å². The molecule has 6 N–H and O–H groups in total. The number of nitrogens with zero attached hydrogens (tertiary/aromatic N) is 4. The lowest BCUT2D eigenvalue weighted by Crippen LogP contribution is -2.33. The Balaban J connectivity index is 1.64. The van der Waals surface area contributed by atoms with Crippen LogP contribution in [0.5, 0.6) is 0 Å². The highest BCUT2D eigenvalue weighted by atomic mass is 31.2. The molecule has 1 saturated heterocycles. The fourth-order valence-electron chi connectivity index (χ4n) is 2.73. The number of carbonyl (C=O) groups excluding carboxylic acids is 1. The first-order valence-corrected chi connectivity index (χ1v) is 9.95. The molecule has 3 heterocycles. The van der Waals surface area contributed by atoms with E-state index in [4.69, 9.17) is 15.6 Å². The van der Waals surface area contributed by atoms with Gasteiger partial charge in [-0.25, -0.2) is 19.5 Å². The second kappa shape index (κ2) is 8.59. The molecule has 2 unspecified atom stereocenters. The lowest BCUT2D eigenvalue weighted by molar-refractivity contribution is -0.143. The van der Waals surface area contributed by atoms with Gasteiger partial charge in [-0.05, 0) is 0 Å². The molecule has 3 rings (SSSR count). The number of fused-ring (bicyclic) bond motifs is 1. The molecule has 0 radical (unpaired) electrons. The highest BCUT2D eigenvalue weighted by Crippen LogP contribution is 2.45. The largest absolute Gasteiger partial charge is 0.529 e. The van der Waals surface area contributed by atoms with Crippen molar-refractivity contribution in [3.05, 3.63) is 12.7 Å². The Kier molecular flexibility index (Phi) is 6.30. The Morgan fingerprint density at radius 2 is 1.97 bits per heavy atom. The van der Waals surface area contributed by atoms with E-state index in [1.54, 1.807) is 0 Å². The van der Waals surface area contributed by atoms with Gasteiger partial charge in [-0.1, -0.05) is 0 Å². The van der Waals surface area contributed by atoms with Crippen LogP contribution in [0.3, 0.4) is 0 Å². The Morgan fingerprint density at radius 3 is 2.67 bits per heavy atom. The number of aliphatic hydroxyl groups excluding tert-OH is 2. The van der Waals surface area contributed by atoms with Crippen LogP contribution in [0.2, 0.25) is 0 Å². The van der Waals surface area contributed by atoms with Crippen LogP contribution in [0.25, 0.3) is 11.2 Å². The van der Waals surface area contributed by atoms with Crippen LogP contribution in [0, 0.1) is 0 Å². The van der Waals surface area contributed by atoms with Gasteiger partial charge in [0, 0.05) is 0 Å². The third-order valence-electron chi connectivity index (χ3n) is 4.16. The Morgan fingerprint density at radius 1 is 1.23 bits per heavy atom. The van der Waals surface area contributed by atoms with Crippen molar-refractivity contribution in [2.24, 2.45) is 0 Å². The molecule has 16 heteroatoms. The van der Waals surface area contributed by atoms with Crippen LogP contribution in [0.4, 0.5) is 5.82 Å². The third-order valence-corrected chi connectivity index (χ3v) is 5.07. The van der Waals surface area contributed by atoms with Gasteiger partial charge in [-0.3, -0.25) is 23.6 Å². The first-order valence-electron chi connectivity index (χ1n) is 8.45. The summed E-state index contributed by atoms with van der Waals surface area (Å²) >= 11 is 0. The Bertz CT molecular complexity index is 999. The van der Waals surface area contributed by atoms with Gasteiger partial charge in [-0.15, -0.1) is 0 Å². The van der Waals surface area contributed by atoms with Crippen LogP contribution in [0.15, 0.2) is 12.7 Å². The third kappa shape index (κ3) is 4.72. The predicted octanol–water partition coefficient (Wildman–Crippen LogP) is -1.45. The molecular formula is C14H18N5O10P. The van der Waals surface area contributed by atoms with Crippen molar-refractivity contribution in [3.63, 3.8) is 0 Å². The second-order valence-corrected chi connectivity index (χ2v) is 7.63. The number of hydrogen-bond donors (Lipinski definition) is 5. The highest BCUT2D eigenvalue weighted by molar-refractivity contribution is 7.48. The van der Waals surface area contributed by atoms with E-state index in [-0.39, 0.29) is 17.0 Å². The summed E-state index contributed by atoms with van der Waals surface area (Å²) in [5.41, 5.74) is 6.17. The molecule has 1 aliphatic rings. The Labute approximate surface area is 167 Å². The van der Waals surface area contributed by atoms with Crippen LogP contribution in [0.1, 0.15) is 19.1 Å². The fraction of sp³-hybridized carbons (Fsp3) is 0.500. The van der Waals surface area contributed by atoms with Crippen LogP contribution in [-0.4, -0.2) is 76.6 Å². The number of carboxylic acid groups (broad SMARTS) is 1. The lowest BCUT2D eigenvalue weighted by Gasteiger charge is -2.17. The molecule has 0 amide bonds. The van der Waals surface area contributed by atoms with Gasteiger partial charge >= 0.3 is 19.8 Å². The van der Waals surface area contributed by atoms with Gasteiger partial charge in [0.1, 0.15) is 30.2 Å². The topological polar surface area (TPSA) is 229 Å². The standard InChI is InChI=1S/C14H18N5O10P/c15-12-9-13(17-4-16-12)19(5-18-9)14-11(24)10(23)6(28-14)3-27-30(25,26)29-8(22)2-1-7(20)21/h4-6,10-11,14,23-24H,1-3H2,(H,20,21)(H,25,26)(H2,15,16,17)/t6-,10-,11-,14?/m1/s1. The number of carboxylic acids is 1. The van der Waals surface area contributed by atoms with E-state index in [2.05, 4.69) is 24.0 Å². The fourth-order valence-corrected chi connectivity index (χ4v) is 3.47. The molecule has 0 bridgehead atoms. The number of nitrogen functional groups attached to an aromatic ring is 1. The monoisotopic (exact) mass is 447 g/mol. The maximum absolute atomic E-state index is 11.8. The van der Waals surface area contributed by atoms with Crippen molar-refractivity contribution in [3.8, 4) is 0 Å². The molecule has 0 saturated carbocycles. The van der Waals surface area contributed by atoms with Gasteiger partial charge in [0.2, 0.25) is 0 Å². The van der Waals surface area contributed by atoms with Crippen LogP contribution < -0.4 is 5.73 Å². The molecule has 0 aromatic carbocycles. The van der Waals surface area contributed by atoms with Crippen molar-refractivity contribution in [2.45, 2.75) is 37.4 Å². The first-order chi connectivity index (χ1) is 14.1. The minimum atomic E-state index is -4.90. The zero-order chi connectivity index (χ0) is 22.1. The molecule has 164 valence electrons. The number of aliphatic carboxylic acids is 1. The van der Waals surface area contributed by atoms with Gasteiger partial charge in [0.25, 0.3) is 0 Å². The second-order valence-electron chi connectivity index (χ2n) is 6.25. The van der Waals surface area contributed by atoms with Gasteiger partial charge in [0.15, 0.2) is 17.7 Å². The number of imidazole rings is 1. The Hall–Kier alpha value is -2.68. The molecule has 2 aromatic rings. The number of rotatable bonds is 8. The average molecular weight is 447 g/mol. The average Bonchev–Trinajstić information content (AvgIpc) is 3.21. The molecule has 0 spiro atoms. The van der Waals surface area contributed by atoms with E-state index >= 15 is 0 Å².